The van der Waals surface area contributed by atoms with Gasteiger partial charge in [-0.1, -0.05) is 4.49 Å². The standard InChI is InChI=1S/C7H9N3S/c1-2-4-8-6(3-1)7-5-9-10-11-7/h4-6H,1-3H2. The van der Waals surface area contributed by atoms with Gasteiger partial charge >= 0.3 is 0 Å². The molecule has 1 atom stereocenters. The summed E-state index contributed by atoms with van der Waals surface area (Å²) in [5, 5.41) is 3.79. The summed E-state index contributed by atoms with van der Waals surface area (Å²) < 4.78 is 3.82. The van der Waals surface area contributed by atoms with Gasteiger partial charge in [0.2, 0.25) is 0 Å². The maximum Gasteiger partial charge on any atom is 0.0869 e. The zero-order chi connectivity index (χ0) is 7.52. The summed E-state index contributed by atoms with van der Waals surface area (Å²) in [7, 11) is 0. The van der Waals surface area contributed by atoms with Crippen molar-refractivity contribution in [1.82, 2.24) is 9.59 Å². The van der Waals surface area contributed by atoms with Crippen molar-refractivity contribution < 1.29 is 0 Å². The number of aliphatic imine (C=N–C) groups is 1. The Morgan fingerprint density at radius 1 is 1.55 bits per heavy atom. The first-order valence-electron chi connectivity index (χ1n) is 3.76. The third-order valence-corrected chi connectivity index (χ3v) is 2.57. The predicted octanol–water partition coefficient (Wildman–Crippen LogP) is 1.83. The van der Waals surface area contributed by atoms with Crippen molar-refractivity contribution in [1.29, 1.82) is 0 Å². The van der Waals surface area contributed by atoms with E-state index in [0.29, 0.717) is 6.04 Å². The SMILES string of the molecule is C1=NC(c2cnns2)CCC1. The van der Waals surface area contributed by atoms with E-state index < -0.39 is 0 Å². The van der Waals surface area contributed by atoms with E-state index in [4.69, 9.17) is 0 Å². The van der Waals surface area contributed by atoms with Crippen LogP contribution < -0.4 is 0 Å². The molecule has 1 aromatic rings. The van der Waals surface area contributed by atoms with E-state index >= 15 is 0 Å². The van der Waals surface area contributed by atoms with Crippen molar-refractivity contribution >= 4 is 17.7 Å². The molecule has 0 aliphatic carbocycles. The summed E-state index contributed by atoms with van der Waals surface area (Å²) in [6, 6.07) is 0.351. The molecule has 4 heteroatoms. The summed E-state index contributed by atoms with van der Waals surface area (Å²) in [4.78, 5) is 5.57. The topological polar surface area (TPSA) is 38.1 Å². The molecule has 2 rings (SSSR count). The van der Waals surface area contributed by atoms with Crippen LogP contribution in [0.5, 0.6) is 0 Å². The molecule has 11 heavy (non-hydrogen) atoms. The second-order valence-corrected chi connectivity index (χ2v) is 3.42. The third kappa shape index (κ3) is 1.45. The number of hydrogen-bond acceptors (Lipinski definition) is 4. The van der Waals surface area contributed by atoms with Crippen LogP contribution in [-0.4, -0.2) is 15.8 Å². The first-order chi connectivity index (χ1) is 5.47. The lowest BCUT2D eigenvalue weighted by Crippen LogP contribution is -1.99. The van der Waals surface area contributed by atoms with Gasteiger partial charge in [0.1, 0.15) is 0 Å². The number of nitrogens with zero attached hydrogens (tertiary/aromatic N) is 3. The van der Waals surface area contributed by atoms with Crippen LogP contribution in [0.4, 0.5) is 0 Å². The van der Waals surface area contributed by atoms with Gasteiger partial charge in [0.15, 0.2) is 0 Å². The van der Waals surface area contributed by atoms with E-state index in [9.17, 15) is 0 Å². The van der Waals surface area contributed by atoms with Gasteiger partial charge in [-0.3, -0.25) is 4.99 Å². The van der Waals surface area contributed by atoms with Gasteiger partial charge in [0.25, 0.3) is 0 Å². The van der Waals surface area contributed by atoms with Gasteiger partial charge in [-0.05, 0) is 37.0 Å². The molecule has 0 N–H and O–H groups in total. The lowest BCUT2D eigenvalue weighted by molar-refractivity contribution is 0.611. The normalized spacial score (nSPS) is 23.8. The Morgan fingerprint density at radius 3 is 3.18 bits per heavy atom. The second-order valence-electron chi connectivity index (χ2n) is 2.60. The second kappa shape index (κ2) is 3.09. The van der Waals surface area contributed by atoms with Crippen LogP contribution in [-0.2, 0) is 0 Å². The summed E-state index contributed by atoms with van der Waals surface area (Å²) in [5.74, 6) is 0. The monoisotopic (exact) mass is 167 g/mol. The smallest absolute Gasteiger partial charge is 0.0869 e. The summed E-state index contributed by atoms with van der Waals surface area (Å²) in [6.45, 7) is 0. The molecule has 0 spiro atoms. The molecular weight excluding hydrogens is 158 g/mol. The van der Waals surface area contributed by atoms with Crippen molar-refractivity contribution in [2.45, 2.75) is 25.3 Å². The molecule has 0 saturated carbocycles. The Hall–Kier alpha value is -0.770. The number of aromatic nitrogens is 2. The van der Waals surface area contributed by atoms with Gasteiger partial charge in [-0.15, -0.1) is 5.10 Å². The van der Waals surface area contributed by atoms with E-state index in [1.165, 1.54) is 22.8 Å². The first-order valence-corrected chi connectivity index (χ1v) is 4.53. The molecule has 2 heterocycles. The quantitative estimate of drug-likeness (QED) is 0.640. The van der Waals surface area contributed by atoms with E-state index in [0.717, 1.165) is 12.8 Å². The highest BCUT2D eigenvalue weighted by Gasteiger charge is 2.13. The minimum Gasteiger partial charge on any atom is -0.288 e. The van der Waals surface area contributed by atoms with Crippen molar-refractivity contribution in [2.75, 3.05) is 0 Å². The van der Waals surface area contributed by atoms with Crippen molar-refractivity contribution in [3.63, 3.8) is 0 Å². The average Bonchev–Trinajstić information content (AvgIpc) is 2.58. The summed E-state index contributed by atoms with van der Waals surface area (Å²) >= 11 is 1.45. The lowest BCUT2D eigenvalue weighted by atomic mass is 10.1. The predicted molar refractivity (Wildman–Crippen MR) is 45.0 cm³/mol. The van der Waals surface area contributed by atoms with Crippen LogP contribution in [0.3, 0.4) is 0 Å². The third-order valence-electron chi connectivity index (χ3n) is 1.80. The van der Waals surface area contributed by atoms with Crippen LogP contribution in [0.2, 0.25) is 0 Å². The Balaban J connectivity index is 2.16. The summed E-state index contributed by atoms with van der Waals surface area (Å²) in [6.07, 6.45) is 7.35. The fraction of sp³-hybridized carbons (Fsp3) is 0.571. The number of hydrogen-bond donors (Lipinski definition) is 0. The fourth-order valence-corrected chi connectivity index (χ4v) is 1.80. The largest absolute Gasteiger partial charge is 0.288 e. The highest BCUT2D eigenvalue weighted by Crippen LogP contribution is 2.27. The van der Waals surface area contributed by atoms with Crippen LogP contribution in [0.25, 0.3) is 0 Å². The van der Waals surface area contributed by atoms with Gasteiger partial charge < -0.3 is 0 Å². The molecule has 1 unspecified atom stereocenters. The minimum absolute atomic E-state index is 0.351. The van der Waals surface area contributed by atoms with Crippen molar-refractivity contribution in [3.05, 3.63) is 11.1 Å². The minimum atomic E-state index is 0.351. The Bertz CT molecular complexity index is 242. The summed E-state index contributed by atoms with van der Waals surface area (Å²) in [5.41, 5.74) is 0. The molecule has 1 aromatic heterocycles. The molecule has 1 aliphatic heterocycles. The molecule has 58 valence electrons. The molecular formula is C7H9N3S. The zero-order valence-corrected chi connectivity index (χ0v) is 6.92. The molecule has 0 bridgehead atoms. The lowest BCUT2D eigenvalue weighted by Gasteiger charge is -2.12. The van der Waals surface area contributed by atoms with E-state index in [1.54, 1.807) is 0 Å². The van der Waals surface area contributed by atoms with Gasteiger partial charge in [0, 0.05) is 0 Å². The Kier molecular flexibility index (Phi) is 1.94. The van der Waals surface area contributed by atoms with Gasteiger partial charge in [-0.25, -0.2) is 0 Å². The first kappa shape index (κ1) is 6.91. The Morgan fingerprint density at radius 2 is 2.55 bits per heavy atom. The Labute approximate surface area is 69.3 Å². The van der Waals surface area contributed by atoms with Crippen LogP contribution >= 0.6 is 11.5 Å². The van der Waals surface area contributed by atoms with E-state index in [1.807, 2.05) is 12.4 Å². The molecule has 0 saturated heterocycles. The molecule has 0 amide bonds. The molecule has 0 radical (unpaired) electrons. The van der Waals surface area contributed by atoms with E-state index in [-0.39, 0.29) is 0 Å². The number of rotatable bonds is 1. The van der Waals surface area contributed by atoms with Crippen LogP contribution in [0.15, 0.2) is 11.2 Å². The maximum atomic E-state index is 4.38. The molecule has 3 nitrogen and oxygen atoms in total. The zero-order valence-electron chi connectivity index (χ0n) is 6.10. The van der Waals surface area contributed by atoms with Crippen molar-refractivity contribution in [3.8, 4) is 0 Å². The average molecular weight is 167 g/mol. The fourth-order valence-electron chi connectivity index (χ4n) is 1.22. The molecule has 0 aromatic carbocycles. The molecule has 0 fully saturated rings. The van der Waals surface area contributed by atoms with E-state index in [2.05, 4.69) is 14.6 Å². The van der Waals surface area contributed by atoms with Crippen LogP contribution in [0.1, 0.15) is 30.2 Å². The van der Waals surface area contributed by atoms with Crippen LogP contribution in [0, 0.1) is 0 Å². The van der Waals surface area contributed by atoms with Gasteiger partial charge in [-0.2, -0.15) is 0 Å². The highest BCUT2D eigenvalue weighted by atomic mass is 32.1. The molecule has 1 aliphatic rings. The highest BCUT2D eigenvalue weighted by molar-refractivity contribution is 7.05. The van der Waals surface area contributed by atoms with Gasteiger partial charge in [0.05, 0.1) is 17.1 Å². The van der Waals surface area contributed by atoms with Crippen molar-refractivity contribution in [2.24, 2.45) is 4.99 Å². The maximum absolute atomic E-state index is 4.38.